The number of hydrogen-bond donors (Lipinski definition) is 2. The summed E-state index contributed by atoms with van der Waals surface area (Å²) in [6, 6.07) is -0.958. The Balaban J connectivity index is 2.71. The largest absolute Gasteiger partial charge is 0.480 e. The highest BCUT2D eigenvalue weighted by molar-refractivity contribution is 5.83. The van der Waals surface area contributed by atoms with Gasteiger partial charge in [-0.2, -0.15) is 0 Å². The number of carboxylic acid groups (broad SMARTS) is 1. The van der Waals surface area contributed by atoms with Crippen LogP contribution in [-0.4, -0.2) is 41.1 Å². The third kappa shape index (κ3) is 4.12. The van der Waals surface area contributed by atoms with Crippen LogP contribution in [-0.2, 0) is 4.79 Å². The molecule has 0 heterocycles. The number of carboxylic acids is 1. The van der Waals surface area contributed by atoms with Gasteiger partial charge in [-0.05, 0) is 24.2 Å². The Morgan fingerprint density at radius 2 is 1.80 bits per heavy atom. The highest BCUT2D eigenvalue weighted by Crippen LogP contribution is 2.27. The Morgan fingerprint density at radius 1 is 1.25 bits per heavy atom. The highest BCUT2D eigenvalue weighted by atomic mass is 16.4. The van der Waals surface area contributed by atoms with Gasteiger partial charge in [-0.3, -0.25) is 0 Å². The Morgan fingerprint density at radius 3 is 2.25 bits per heavy atom. The minimum Gasteiger partial charge on any atom is -0.480 e. The molecule has 0 saturated heterocycles. The molecule has 2 amide bonds. The quantitative estimate of drug-likeness (QED) is 0.837. The van der Waals surface area contributed by atoms with Gasteiger partial charge < -0.3 is 15.3 Å². The van der Waals surface area contributed by atoms with Gasteiger partial charge in [-0.15, -0.1) is 0 Å². The topological polar surface area (TPSA) is 69.6 Å². The molecular weight excluding hydrogens is 256 g/mol. The molecular formula is C15H28N2O3. The van der Waals surface area contributed by atoms with Crippen LogP contribution < -0.4 is 5.32 Å². The lowest BCUT2D eigenvalue weighted by atomic mass is 9.85. The van der Waals surface area contributed by atoms with Gasteiger partial charge in [0.15, 0.2) is 0 Å². The van der Waals surface area contributed by atoms with Crippen LogP contribution in [0.5, 0.6) is 0 Å². The lowest BCUT2D eigenvalue weighted by Crippen LogP contribution is -2.55. The van der Waals surface area contributed by atoms with E-state index in [0.29, 0.717) is 5.92 Å². The van der Waals surface area contributed by atoms with Crippen molar-refractivity contribution in [1.29, 1.82) is 0 Å². The first kappa shape index (κ1) is 16.8. The first-order valence-corrected chi connectivity index (χ1v) is 7.40. The molecule has 116 valence electrons. The van der Waals surface area contributed by atoms with Crippen LogP contribution in [0.3, 0.4) is 0 Å². The van der Waals surface area contributed by atoms with Crippen molar-refractivity contribution in [3.8, 4) is 0 Å². The van der Waals surface area contributed by atoms with Crippen LogP contribution in [0.1, 0.15) is 53.4 Å². The van der Waals surface area contributed by atoms with E-state index < -0.39 is 17.4 Å². The maximum absolute atomic E-state index is 12.3. The summed E-state index contributed by atoms with van der Waals surface area (Å²) in [5.74, 6) is -0.520. The molecule has 1 aliphatic rings. The molecule has 5 nitrogen and oxygen atoms in total. The zero-order valence-electron chi connectivity index (χ0n) is 13.3. The maximum Gasteiger partial charge on any atom is 0.326 e. The van der Waals surface area contributed by atoms with Gasteiger partial charge in [-0.25, -0.2) is 9.59 Å². The summed E-state index contributed by atoms with van der Waals surface area (Å²) in [6.45, 7) is 7.60. The van der Waals surface area contributed by atoms with E-state index in [0.717, 1.165) is 19.3 Å². The smallest absolute Gasteiger partial charge is 0.326 e. The molecule has 3 unspecified atom stereocenters. The van der Waals surface area contributed by atoms with Crippen LogP contribution >= 0.6 is 0 Å². The average molecular weight is 284 g/mol. The number of nitrogens with zero attached hydrogens (tertiary/aromatic N) is 1. The van der Waals surface area contributed by atoms with Crippen LogP contribution in [0.2, 0.25) is 0 Å². The first-order valence-electron chi connectivity index (χ1n) is 7.40. The Labute approximate surface area is 121 Å². The second-order valence-electron chi connectivity index (χ2n) is 7.03. The van der Waals surface area contributed by atoms with E-state index in [1.54, 1.807) is 11.9 Å². The number of aliphatic carboxylic acids is 1. The molecule has 0 aromatic rings. The highest BCUT2D eigenvalue weighted by Gasteiger charge is 2.35. The fourth-order valence-corrected chi connectivity index (χ4v) is 2.90. The summed E-state index contributed by atoms with van der Waals surface area (Å²) >= 11 is 0. The van der Waals surface area contributed by atoms with E-state index in [1.165, 1.54) is 6.42 Å². The zero-order chi connectivity index (χ0) is 15.5. The summed E-state index contributed by atoms with van der Waals surface area (Å²) in [5.41, 5.74) is -0.513. The molecule has 0 aliphatic heterocycles. The molecule has 1 fully saturated rings. The molecule has 1 rings (SSSR count). The SMILES string of the molecule is CC1CCCCC1N(C)C(=O)NC(C(=O)O)C(C)(C)C. The van der Waals surface area contributed by atoms with Gasteiger partial charge in [0, 0.05) is 13.1 Å². The lowest BCUT2D eigenvalue weighted by molar-refractivity contribution is -0.142. The average Bonchev–Trinajstić information content (AvgIpc) is 2.33. The van der Waals surface area contributed by atoms with Crippen molar-refractivity contribution in [1.82, 2.24) is 10.2 Å². The van der Waals surface area contributed by atoms with Gasteiger partial charge in [0.25, 0.3) is 0 Å². The predicted molar refractivity (Wildman–Crippen MR) is 78.6 cm³/mol. The van der Waals surface area contributed by atoms with Gasteiger partial charge in [-0.1, -0.05) is 40.5 Å². The molecule has 1 saturated carbocycles. The maximum atomic E-state index is 12.3. The van der Waals surface area contributed by atoms with Gasteiger partial charge >= 0.3 is 12.0 Å². The number of amides is 2. The molecule has 3 atom stereocenters. The van der Waals surface area contributed by atoms with E-state index >= 15 is 0 Å². The molecule has 0 aromatic heterocycles. The molecule has 0 aromatic carbocycles. The normalized spacial score (nSPS) is 24.9. The Bertz CT molecular complexity index is 363. The van der Waals surface area contributed by atoms with Gasteiger partial charge in [0.05, 0.1) is 0 Å². The second kappa shape index (κ2) is 6.46. The number of carbonyl (C=O) groups is 2. The minimum atomic E-state index is -0.990. The number of urea groups is 1. The number of rotatable bonds is 3. The van der Waals surface area contributed by atoms with Crippen LogP contribution in [0, 0.1) is 11.3 Å². The summed E-state index contributed by atoms with van der Waals surface area (Å²) < 4.78 is 0. The zero-order valence-corrected chi connectivity index (χ0v) is 13.3. The number of carbonyl (C=O) groups excluding carboxylic acids is 1. The first-order chi connectivity index (χ1) is 9.14. The van der Waals surface area contributed by atoms with Crippen molar-refractivity contribution in [3.05, 3.63) is 0 Å². The van der Waals surface area contributed by atoms with Crippen molar-refractivity contribution in [2.24, 2.45) is 11.3 Å². The molecule has 2 N–H and O–H groups in total. The van der Waals surface area contributed by atoms with Gasteiger partial charge in [0.2, 0.25) is 0 Å². The van der Waals surface area contributed by atoms with Crippen LogP contribution in [0.4, 0.5) is 4.79 Å². The van der Waals surface area contributed by atoms with Gasteiger partial charge in [0.1, 0.15) is 6.04 Å². The Kier molecular flexibility index (Phi) is 5.42. The predicted octanol–water partition coefficient (Wildman–Crippen LogP) is 2.71. The number of hydrogen-bond acceptors (Lipinski definition) is 2. The molecule has 0 spiro atoms. The van der Waals surface area contributed by atoms with Crippen molar-refractivity contribution in [2.45, 2.75) is 65.5 Å². The van der Waals surface area contributed by atoms with E-state index in [1.807, 2.05) is 20.8 Å². The van der Waals surface area contributed by atoms with E-state index in [2.05, 4.69) is 12.2 Å². The minimum absolute atomic E-state index is 0.207. The van der Waals surface area contributed by atoms with E-state index in [9.17, 15) is 14.7 Å². The molecule has 5 heteroatoms. The van der Waals surface area contributed by atoms with Crippen molar-refractivity contribution >= 4 is 12.0 Å². The monoisotopic (exact) mass is 284 g/mol. The van der Waals surface area contributed by atoms with E-state index in [-0.39, 0.29) is 12.1 Å². The summed E-state index contributed by atoms with van der Waals surface area (Å²) in [6.07, 6.45) is 4.48. The lowest BCUT2D eigenvalue weighted by Gasteiger charge is -2.38. The third-order valence-corrected chi connectivity index (χ3v) is 4.26. The standard InChI is InChI=1S/C15H28N2O3/c1-10-8-6-7-9-11(10)17(5)14(20)16-12(13(18)19)15(2,3)4/h10-12H,6-9H2,1-5H3,(H,16,20)(H,18,19). The van der Waals surface area contributed by atoms with Crippen LogP contribution in [0.25, 0.3) is 0 Å². The third-order valence-electron chi connectivity index (χ3n) is 4.26. The second-order valence-corrected chi connectivity index (χ2v) is 7.03. The molecule has 0 bridgehead atoms. The molecule has 20 heavy (non-hydrogen) atoms. The number of nitrogens with one attached hydrogen (secondary N) is 1. The van der Waals surface area contributed by atoms with E-state index in [4.69, 9.17) is 0 Å². The summed E-state index contributed by atoms with van der Waals surface area (Å²) in [7, 11) is 1.77. The van der Waals surface area contributed by atoms with Crippen molar-refractivity contribution < 1.29 is 14.7 Å². The molecule has 0 radical (unpaired) electrons. The Hall–Kier alpha value is -1.26. The van der Waals surface area contributed by atoms with Crippen LogP contribution in [0.15, 0.2) is 0 Å². The fraction of sp³-hybridized carbons (Fsp3) is 0.867. The fourth-order valence-electron chi connectivity index (χ4n) is 2.90. The van der Waals surface area contributed by atoms with Crippen molar-refractivity contribution in [2.75, 3.05) is 7.05 Å². The summed E-state index contributed by atoms with van der Waals surface area (Å²) in [4.78, 5) is 25.3. The molecule has 1 aliphatic carbocycles. The summed E-state index contributed by atoms with van der Waals surface area (Å²) in [5, 5.41) is 11.9. The van der Waals surface area contributed by atoms with Crippen molar-refractivity contribution in [3.63, 3.8) is 0 Å².